The fourth-order valence-corrected chi connectivity index (χ4v) is 3.86. The van der Waals surface area contributed by atoms with Crippen LogP contribution in [0.4, 0.5) is 0 Å². The van der Waals surface area contributed by atoms with Crippen molar-refractivity contribution in [3.05, 3.63) is 60.3 Å². The van der Waals surface area contributed by atoms with Crippen LogP contribution in [-0.2, 0) is 0 Å². The molecule has 0 spiro atoms. The van der Waals surface area contributed by atoms with Crippen LogP contribution in [-0.4, -0.2) is 72.1 Å². The highest BCUT2D eigenvalue weighted by atomic mass is 16.3. The summed E-state index contributed by atoms with van der Waals surface area (Å²) in [5.41, 5.74) is 2.95. The van der Waals surface area contributed by atoms with Crippen LogP contribution < -0.4 is 5.32 Å². The molecule has 6 heteroatoms. The van der Waals surface area contributed by atoms with Gasteiger partial charge in [0.15, 0.2) is 0 Å². The maximum Gasteiger partial charge on any atom is 0.251 e. The maximum absolute atomic E-state index is 12.6. The Bertz CT molecular complexity index is 1030. The molecule has 0 atom stereocenters. The first kappa shape index (κ1) is 20.3. The molecule has 0 aliphatic carbocycles. The number of benzene rings is 2. The minimum absolute atomic E-state index is 0.0677. The van der Waals surface area contributed by atoms with Crippen molar-refractivity contribution in [3.63, 3.8) is 0 Å². The summed E-state index contributed by atoms with van der Waals surface area (Å²) in [5.74, 6) is 0.0729. The van der Waals surface area contributed by atoms with Gasteiger partial charge in [0.1, 0.15) is 11.3 Å². The molecule has 4 rings (SSSR count). The third-order valence-corrected chi connectivity index (χ3v) is 5.68. The predicted octanol–water partition coefficient (Wildman–Crippen LogP) is 2.97. The zero-order valence-corrected chi connectivity index (χ0v) is 17.3. The van der Waals surface area contributed by atoms with Crippen LogP contribution in [0.2, 0.25) is 0 Å². The Hall–Kier alpha value is -2.96. The first-order chi connectivity index (χ1) is 14.6. The van der Waals surface area contributed by atoms with Gasteiger partial charge in [0.2, 0.25) is 0 Å². The van der Waals surface area contributed by atoms with Crippen molar-refractivity contribution in [1.82, 2.24) is 20.1 Å². The molecule has 0 bridgehead atoms. The summed E-state index contributed by atoms with van der Waals surface area (Å²) < 4.78 is 0. The molecule has 1 fully saturated rings. The minimum Gasteiger partial charge on any atom is -0.506 e. The molecule has 2 N–H and O–H groups in total. The highest BCUT2D eigenvalue weighted by Gasteiger charge is 2.13. The average molecular weight is 405 g/mol. The molecule has 1 saturated heterocycles. The van der Waals surface area contributed by atoms with E-state index in [1.807, 2.05) is 42.5 Å². The molecule has 1 aromatic heterocycles. The summed E-state index contributed by atoms with van der Waals surface area (Å²) in [5, 5.41) is 14.2. The van der Waals surface area contributed by atoms with Gasteiger partial charge in [0.25, 0.3) is 5.91 Å². The fraction of sp³-hybridized carbons (Fsp3) is 0.333. The summed E-state index contributed by atoms with van der Waals surface area (Å²) in [6.07, 6.45) is 2.61. The van der Waals surface area contributed by atoms with Crippen molar-refractivity contribution in [3.8, 4) is 16.9 Å². The molecule has 1 amide bonds. The van der Waals surface area contributed by atoms with Crippen molar-refractivity contribution in [2.75, 3.05) is 46.3 Å². The molecular formula is C24H28N4O2. The number of nitrogens with zero attached hydrogens (tertiary/aromatic N) is 3. The van der Waals surface area contributed by atoms with Gasteiger partial charge in [-0.25, -0.2) is 0 Å². The van der Waals surface area contributed by atoms with E-state index in [4.69, 9.17) is 0 Å². The molecular weight excluding hydrogens is 376 g/mol. The highest BCUT2D eigenvalue weighted by molar-refractivity contribution is 5.96. The number of aromatic hydroxyl groups is 1. The first-order valence-corrected chi connectivity index (χ1v) is 10.5. The van der Waals surface area contributed by atoms with Crippen LogP contribution in [0.15, 0.2) is 54.7 Å². The van der Waals surface area contributed by atoms with Crippen LogP contribution in [0.25, 0.3) is 22.0 Å². The van der Waals surface area contributed by atoms with Crippen LogP contribution in [0, 0.1) is 0 Å². The second-order valence-corrected chi connectivity index (χ2v) is 7.91. The number of piperazine rings is 1. The summed E-state index contributed by atoms with van der Waals surface area (Å²) in [6, 6.07) is 15.0. The number of amides is 1. The lowest BCUT2D eigenvalue weighted by Gasteiger charge is -2.32. The molecule has 3 aromatic rings. The number of fused-ring (bicyclic) bond motifs is 1. The maximum atomic E-state index is 12.6. The van der Waals surface area contributed by atoms with Crippen molar-refractivity contribution in [2.24, 2.45) is 0 Å². The van der Waals surface area contributed by atoms with Crippen LogP contribution in [0.5, 0.6) is 5.75 Å². The Labute approximate surface area is 177 Å². The molecule has 0 saturated carbocycles. The standard InChI is InChI=1S/C24H28N4O2/c1-27-11-13-28(14-12-27)10-4-9-26-24(30)20-6-2-5-18(15-20)21-16-19-7-3-8-25-23(19)22(29)17-21/h2-3,5-8,15-17,29H,4,9-14H2,1H3,(H,26,30). The largest absolute Gasteiger partial charge is 0.506 e. The molecule has 2 aromatic carbocycles. The third kappa shape index (κ3) is 4.78. The van der Waals surface area contributed by atoms with Crippen LogP contribution in [0.1, 0.15) is 16.8 Å². The number of hydrogen-bond donors (Lipinski definition) is 2. The number of aromatic nitrogens is 1. The quantitative estimate of drug-likeness (QED) is 0.618. The van der Waals surface area contributed by atoms with E-state index in [0.29, 0.717) is 17.6 Å². The Kier molecular flexibility index (Phi) is 6.26. The number of carbonyl (C=O) groups excluding carboxylic acids is 1. The summed E-state index contributed by atoms with van der Waals surface area (Å²) in [6.45, 7) is 6.09. The average Bonchev–Trinajstić information content (AvgIpc) is 2.78. The molecule has 0 unspecified atom stereocenters. The van der Waals surface area contributed by atoms with Crippen molar-refractivity contribution >= 4 is 16.8 Å². The lowest BCUT2D eigenvalue weighted by molar-refractivity contribution is 0.0949. The van der Waals surface area contributed by atoms with E-state index < -0.39 is 0 Å². The van der Waals surface area contributed by atoms with E-state index in [-0.39, 0.29) is 11.7 Å². The van der Waals surface area contributed by atoms with Gasteiger partial charge in [-0.15, -0.1) is 0 Å². The zero-order valence-electron chi connectivity index (χ0n) is 17.3. The molecule has 2 heterocycles. The van der Waals surface area contributed by atoms with Gasteiger partial charge >= 0.3 is 0 Å². The molecule has 1 aliphatic heterocycles. The Morgan fingerprint density at radius 2 is 1.90 bits per heavy atom. The van der Waals surface area contributed by atoms with Crippen LogP contribution in [0.3, 0.4) is 0 Å². The van der Waals surface area contributed by atoms with Gasteiger partial charge in [-0.05, 0) is 61.5 Å². The molecule has 6 nitrogen and oxygen atoms in total. The summed E-state index contributed by atoms with van der Waals surface area (Å²) in [7, 11) is 2.15. The Morgan fingerprint density at radius 3 is 2.73 bits per heavy atom. The van der Waals surface area contributed by atoms with Gasteiger partial charge in [-0.1, -0.05) is 18.2 Å². The van der Waals surface area contributed by atoms with Crippen molar-refractivity contribution in [1.29, 1.82) is 0 Å². The molecule has 0 radical (unpaired) electrons. The van der Waals surface area contributed by atoms with Gasteiger partial charge in [0, 0.05) is 49.9 Å². The van der Waals surface area contributed by atoms with E-state index in [2.05, 4.69) is 27.1 Å². The predicted molar refractivity (Wildman–Crippen MR) is 120 cm³/mol. The SMILES string of the molecule is CN1CCN(CCCNC(=O)c2cccc(-c3cc(O)c4ncccc4c3)c2)CC1. The van der Waals surface area contributed by atoms with E-state index in [1.165, 1.54) is 0 Å². The van der Waals surface area contributed by atoms with Gasteiger partial charge in [0.05, 0.1) is 0 Å². The van der Waals surface area contributed by atoms with E-state index in [9.17, 15) is 9.90 Å². The molecule has 1 aliphatic rings. The van der Waals surface area contributed by atoms with E-state index in [1.54, 1.807) is 12.3 Å². The number of pyridine rings is 1. The van der Waals surface area contributed by atoms with E-state index >= 15 is 0 Å². The lowest BCUT2D eigenvalue weighted by atomic mass is 10.0. The fourth-order valence-electron chi connectivity index (χ4n) is 3.86. The Balaban J connectivity index is 1.38. The highest BCUT2D eigenvalue weighted by Crippen LogP contribution is 2.30. The van der Waals surface area contributed by atoms with E-state index in [0.717, 1.165) is 55.7 Å². The van der Waals surface area contributed by atoms with Gasteiger partial charge in [-0.2, -0.15) is 0 Å². The van der Waals surface area contributed by atoms with Gasteiger partial charge < -0.3 is 20.2 Å². The number of phenolic OH excluding ortho intramolecular Hbond substituents is 1. The normalized spacial score (nSPS) is 15.4. The van der Waals surface area contributed by atoms with Crippen LogP contribution >= 0.6 is 0 Å². The van der Waals surface area contributed by atoms with Crippen molar-refractivity contribution in [2.45, 2.75) is 6.42 Å². The number of rotatable bonds is 6. The summed E-state index contributed by atoms with van der Waals surface area (Å²) >= 11 is 0. The van der Waals surface area contributed by atoms with Gasteiger partial charge in [-0.3, -0.25) is 9.78 Å². The zero-order chi connectivity index (χ0) is 20.9. The first-order valence-electron chi connectivity index (χ1n) is 10.5. The monoisotopic (exact) mass is 404 g/mol. The number of phenols is 1. The van der Waals surface area contributed by atoms with Crippen molar-refractivity contribution < 1.29 is 9.90 Å². The Morgan fingerprint density at radius 1 is 1.07 bits per heavy atom. The smallest absolute Gasteiger partial charge is 0.251 e. The number of carbonyl (C=O) groups is 1. The second kappa shape index (κ2) is 9.24. The number of hydrogen-bond acceptors (Lipinski definition) is 5. The molecule has 30 heavy (non-hydrogen) atoms. The summed E-state index contributed by atoms with van der Waals surface area (Å²) in [4.78, 5) is 21.6. The molecule has 156 valence electrons. The minimum atomic E-state index is -0.0677. The lowest BCUT2D eigenvalue weighted by Crippen LogP contribution is -2.45. The number of nitrogens with one attached hydrogen (secondary N) is 1. The topological polar surface area (TPSA) is 68.7 Å². The third-order valence-electron chi connectivity index (χ3n) is 5.68. The second-order valence-electron chi connectivity index (χ2n) is 7.91. The number of likely N-dealkylation sites (N-methyl/N-ethyl adjacent to an activating group) is 1.